The highest BCUT2D eigenvalue weighted by Gasteiger charge is 2.74. The molecule has 0 aromatic rings. The molecule has 0 spiro atoms. The predicted molar refractivity (Wildman–Crippen MR) is 79.1 cm³/mol. The first-order valence-electron chi connectivity index (χ1n) is 8.12. The zero-order chi connectivity index (χ0) is 19.9. The Balaban J connectivity index is 2.17. The Hall–Kier alpha value is -1.94. The summed E-state index contributed by atoms with van der Waals surface area (Å²) in [5.74, 6) is -6.35. The van der Waals surface area contributed by atoms with E-state index in [-0.39, 0.29) is 19.4 Å². The molecule has 2 aliphatic rings. The lowest BCUT2D eigenvalue weighted by Gasteiger charge is -2.48. The molecule has 0 unspecified atom stereocenters. The number of rotatable bonds is 4. The average Bonchev–Trinajstić information content (AvgIpc) is 2.98. The lowest BCUT2D eigenvalue weighted by atomic mass is 9.64. The van der Waals surface area contributed by atoms with E-state index in [0.29, 0.717) is 4.90 Å². The van der Waals surface area contributed by atoms with Gasteiger partial charge in [0.1, 0.15) is 12.1 Å². The highest BCUT2D eigenvalue weighted by Crippen LogP contribution is 2.61. The van der Waals surface area contributed by atoms with Gasteiger partial charge in [-0.2, -0.15) is 13.2 Å². The van der Waals surface area contributed by atoms with Gasteiger partial charge in [0, 0.05) is 26.4 Å². The van der Waals surface area contributed by atoms with Crippen LogP contribution in [-0.4, -0.2) is 60.4 Å². The van der Waals surface area contributed by atoms with Crippen molar-refractivity contribution in [1.29, 1.82) is 0 Å². The summed E-state index contributed by atoms with van der Waals surface area (Å²) in [6, 6.07) is -2.17. The summed E-state index contributed by atoms with van der Waals surface area (Å²) < 4.78 is 66.4. The zero-order valence-corrected chi connectivity index (χ0v) is 14.3. The summed E-state index contributed by atoms with van der Waals surface area (Å²) in [4.78, 5) is 36.9. The molecule has 0 bridgehead atoms. The van der Waals surface area contributed by atoms with Crippen molar-refractivity contribution >= 4 is 17.7 Å². The third-order valence-electron chi connectivity index (χ3n) is 4.89. The van der Waals surface area contributed by atoms with Gasteiger partial charge in [0.2, 0.25) is 17.7 Å². The van der Waals surface area contributed by atoms with Gasteiger partial charge < -0.3 is 15.5 Å². The predicted octanol–water partition coefficient (Wildman–Crippen LogP) is 1.21. The highest BCUT2D eigenvalue weighted by molar-refractivity contribution is 5.94. The Morgan fingerprint density at radius 1 is 1.19 bits per heavy atom. The van der Waals surface area contributed by atoms with E-state index in [1.54, 1.807) is 0 Å². The van der Waals surface area contributed by atoms with E-state index in [1.165, 1.54) is 14.0 Å². The smallest absolute Gasteiger partial charge is 0.357 e. The molecule has 0 radical (unpaired) electrons. The zero-order valence-electron chi connectivity index (χ0n) is 14.3. The summed E-state index contributed by atoms with van der Waals surface area (Å²) >= 11 is 0. The number of alkyl halides is 5. The Bertz CT molecular complexity index is 600. The Labute approximate surface area is 146 Å². The number of likely N-dealkylation sites (tertiary alicyclic amines) is 1. The average molecular weight is 385 g/mol. The van der Waals surface area contributed by atoms with Crippen LogP contribution in [0.5, 0.6) is 0 Å². The van der Waals surface area contributed by atoms with Crippen molar-refractivity contribution < 1.29 is 36.3 Å². The van der Waals surface area contributed by atoms with Gasteiger partial charge in [0.05, 0.1) is 0 Å². The standard InChI is InChI=1S/C15H20F5N3O3/c1-8(10(24)21-2)22-11(25)9-4-3-5-23(9)12(26)13(15(18,19)20)6-14(16,17)7-13/h8-9H,3-7H2,1-2H3,(H,21,24)(H,22,25)/t8-,9-/m0/s1. The van der Waals surface area contributed by atoms with E-state index < -0.39 is 60.2 Å². The maximum Gasteiger partial charge on any atom is 0.403 e. The van der Waals surface area contributed by atoms with Crippen LogP contribution in [0, 0.1) is 5.41 Å². The van der Waals surface area contributed by atoms with Gasteiger partial charge in [0.15, 0.2) is 5.41 Å². The second kappa shape index (κ2) is 6.66. The van der Waals surface area contributed by atoms with Crippen LogP contribution in [0.1, 0.15) is 32.6 Å². The van der Waals surface area contributed by atoms with E-state index in [9.17, 15) is 36.3 Å². The van der Waals surface area contributed by atoms with Crippen molar-refractivity contribution in [1.82, 2.24) is 15.5 Å². The number of nitrogens with one attached hydrogen (secondary N) is 2. The number of hydrogen-bond donors (Lipinski definition) is 2. The monoisotopic (exact) mass is 385 g/mol. The first kappa shape index (κ1) is 20.4. The number of amides is 3. The third kappa shape index (κ3) is 3.48. The van der Waals surface area contributed by atoms with Crippen molar-refractivity contribution in [3.05, 3.63) is 0 Å². The molecule has 2 atom stereocenters. The van der Waals surface area contributed by atoms with Crippen LogP contribution in [-0.2, 0) is 14.4 Å². The molecule has 26 heavy (non-hydrogen) atoms. The summed E-state index contributed by atoms with van der Waals surface area (Å²) in [6.07, 6.45) is -7.99. The molecule has 1 saturated heterocycles. The van der Waals surface area contributed by atoms with E-state index in [1.807, 2.05) is 0 Å². The molecular formula is C15H20F5N3O3. The molecule has 0 aromatic carbocycles. The fourth-order valence-electron chi connectivity index (χ4n) is 3.45. The molecule has 1 aliphatic carbocycles. The molecular weight excluding hydrogens is 365 g/mol. The molecule has 11 heteroatoms. The molecule has 2 N–H and O–H groups in total. The van der Waals surface area contributed by atoms with Crippen molar-refractivity contribution in [3.8, 4) is 0 Å². The number of likely N-dealkylation sites (N-methyl/N-ethyl adjacent to an activating group) is 1. The molecule has 1 aliphatic heterocycles. The highest BCUT2D eigenvalue weighted by atomic mass is 19.4. The molecule has 148 valence electrons. The summed E-state index contributed by atoms with van der Waals surface area (Å²) in [6.45, 7) is 1.25. The van der Waals surface area contributed by atoms with Crippen LogP contribution < -0.4 is 10.6 Å². The summed E-state index contributed by atoms with van der Waals surface area (Å²) in [7, 11) is 1.35. The fourth-order valence-corrected chi connectivity index (χ4v) is 3.45. The van der Waals surface area contributed by atoms with Crippen molar-refractivity contribution in [2.75, 3.05) is 13.6 Å². The van der Waals surface area contributed by atoms with E-state index in [2.05, 4.69) is 10.6 Å². The normalized spacial score (nSPS) is 25.2. The SMILES string of the molecule is CNC(=O)[C@H](C)NC(=O)[C@@H]1CCCN1C(=O)C1(C(F)(F)F)CC(F)(F)C1. The molecule has 2 fully saturated rings. The first-order chi connectivity index (χ1) is 11.8. The summed E-state index contributed by atoms with van der Waals surface area (Å²) in [5, 5.41) is 4.63. The lowest BCUT2D eigenvalue weighted by molar-refractivity contribution is -0.299. The van der Waals surface area contributed by atoms with Crippen LogP contribution in [0.25, 0.3) is 0 Å². The van der Waals surface area contributed by atoms with Crippen molar-refractivity contribution in [3.63, 3.8) is 0 Å². The minimum Gasteiger partial charge on any atom is -0.357 e. The van der Waals surface area contributed by atoms with Crippen LogP contribution in [0.3, 0.4) is 0 Å². The first-order valence-corrected chi connectivity index (χ1v) is 8.12. The quantitative estimate of drug-likeness (QED) is 0.714. The molecule has 1 saturated carbocycles. The van der Waals surface area contributed by atoms with E-state index in [0.717, 1.165) is 0 Å². The fraction of sp³-hybridized carbons (Fsp3) is 0.800. The topological polar surface area (TPSA) is 78.5 Å². The maximum atomic E-state index is 13.4. The van der Waals surface area contributed by atoms with Gasteiger partial charge in [-0.1, -0.05) is 0 Å². The number of hydrogen-bond acceptors (Lipinski definition) is 3. The van der Waals surface area contributed by atoms with Gasteiger partial charge in [-0.15, -0.1) is 0 Å². The molecule has 3 amide bonds. The van der Waals surface area contributed by atoms with E-state index >= 15 is 0 Å². The van der Waals surface area contributed by atoms with Crippen molar-refractivity contribution in [2.45, 2.75) is 56.8 Å². The molecule has 2 rings (SSSR count). The van der Waals surface area contributed by atoms with Crippen LogP contribution >= 0.6 is 0 Å². The Kier molecular flexibility index (Phi) is 5.22. The van der Waals surface area contributed by atoms with Gasteiger partial charge in [-0.25, -0.2) is 8.78 Å². The number of nitrogens with zero attached hydrogens (tertiary/aromatic N) is 1. The van der Waals surface area contributed by atoms with Gasteiger partial charge in [0.25, 0.3) is 5.92 Å². The van der Waals surface area contributed by atoms with Gasteiger partial charge in [-0.05, 0) is 19.8 Å². The maximum absolute atomic E-state index is 13.4. The second-order valence-electron chi connectivity index (χ2n) is 6.79. The Morgan fingerprint density at radius 2 is 1.77 bits per heavy atom. The lowest BCUT2D eigenvalue weighted by Crippen LogP contribution is -2.64. The number of carbonyl (C=O) groups excluding carboxylic acids is 3. The molecule has 6 nitrogen and oxygen atoms in total. The largest absolute Gasteiger partial charge is 0.403 e. The minimum atomic E-state index is -5.13. The van der Waals surface area contributed by atoms with Gasteiger partial charge >= 0.3 is 6.18 Å². The molecule has 1 heterocycles. The number of halogens is 5. The van der Waals surface area contributed by atoms with Crippen LogP contribution in [0.2, 0.25) is 0 Å². The second-order valence-corrected chi connectivity index (χ2v) is 6.79. The van der Waals surface area contributed by atoms with Crippen LogP contribution in [0.4, 0.5) is 22.0 Å². The third-order valence-corrected chi connectivity index (χ3v) is 4.89. The summed E-state index contributed by atoms with van der Waals surface area (Å²) in [5.41, 5.74) is -3.16. The minimum absolute atomic E-state index is 0.0996. The van der Waals surface area contributed by atoms with Gasteiger partial charge in [-0.3, -0.25) is 14.4 Å². The van der Waals surface area contributed by atoms with E-state index in [4.69, 9.17) is 0 Å². The molecule has 0 aromatic heterocycles. The van der Waals surface area contributed by atoms with Crippen LogP contribution in [0.15, 0.2) is 0 Å². The number of carbonyl (C=O) groups is 3. The van der Waals surface area contributed by atoms with Crippen molar-refractivity contribution in [2.24, 2.45) is 5.41 Å². The Morgan fingerprint density at radius 3 is 2.23 bits per heavy atom.